The summed E-state index contributed by atoms with van der Waals surface area (Å²) in [5, 5.41) is 21.4. The molecule has 39 heavy (non-hydrogen) atoms. The average Bonchev–Trinajstić information content (AvgIpc) is 2.72. The lowest BCUT2D eigenvalue weighted by Crippen LogP contribution is -2.67. The van der Waals surface area contributed by atoms with Crippen LogP contribution in [0.1, 0.15) is 75.2 Å². The van der Waals surface area contributed by atoms with Gasteiger partial charge in [-0.25, -0.2) is 0 Å². The second-order valence-corrected chi connectivity index (χ2v) is 30.8. The third kappa shape index (κ3) is 9.69. The van der Waals surface area contributed by atoms with Gasteiger partial charge in [-0.15, -0.1) is 0 Å². The van der Waals surface area contributed by atoms with Crippen LogP contribution in [0, 0.1) is 0 Å². The maximum Gasteiger partial charge on any atom is 0.193 e. The van der Waals surface area contributed by atoms with Crippen molar-refractivity contribution >= 4 is 47.5 Å². The van der Waals surface area contributed by atoms with E-state index >= 15 is 0 Å². The van der Waals surface area contributed by atoms with Gasteiger partial charge in [0.1, 0.15) is 24.4 Å². The molecular formula is C29H61IO6Si3. The Kier molecular flexibility index (Phi) is 13.3. The molecular weight excluding hydrogens is 655 g/mol. The van der Waals surface area contributed by atoms with Crippen molar-refractivity contribution < 1.29 is 28.2 Å². The molecule has 0 saturated carbocycles. The largest absolute Gasteiger partial charge is 0.408 e. The van der Waals surface area contributed by atoms with E-state index in [2.05, 4.69) is 130 Å². The Morgan fingerprint density at radius 3 is 1.62 bits per heavy atom. The molecule has 0 aromatic heterocycles. The number of ether oxygens (including phenoxy) is 1. The molecule has 1 aliphatic rings. The number of hydrogen-bond donors (Lipinski definition) is 2. The van der Waals surface area contributed by atoms with E-state index in [0.717, 1.165) is 0 Å². The molecule has 0 spiro atoms. The molecule has 0 bridgehead atoms. The lowest BCUT2D eigenvalue weighted by atomic mass is 9.90. The summed E-state index contributed by atoms with van der Waals surface area (Å²) in [6.45, 7) is 33.6. The Morgan fingerprint density at radius 2 is 1.23 bits per heavy atom. The van der Waals surface area contributed by atoms with E-state index < -0.39 is 55.5 Å². The minimum Gasteiger partial charge on any atom is -0.408 e. The van der Waals surface area contributed by atoms with Crippen LogP contribution in [-0.4, -0.2) is 78.4 Å². The van der Waals surface area contributed by atoms with Crippen molar-refractivity contribution in [2.75, 3.05) is 6.61 Å². The van der Waals surface area contributed by atoms with Crippen molar-refractivity contribution in [3.63, 3.8) is 0 Å². The molecule has 232 valence electrons. The number of rotatable bonds is 11. The van der Waals surface area contributed by atoms with Crippen LogP contribution in [-0.2, 0) is 18.0 Å². The number of aliphatic hydroxyl groups is 2. The molecule has 10 heteroatoms. The summed E-state index contributed by atoms with van der Waals surface area (Å²) in [7, 11) is -6.79. The summed E-state index contributed by atoms with van der Waals surface area (Å²) in [6.07, 6.45) is -0.0492. The van der Waals surface area contributed by atoms with E-state index in [9.17, 15) is 10.2 Å². The summed E-state index contributed by atoms with van der Waals surface area (Å²) in [5.41, 5.74) is 0. The number of aliphatic hydroxyl groups excluding tert-OH is 2. The van der Waals surface area contributed by atoms with E-state index in [4.69, 9.17) is 18.0 Å². The highest BCUT2D eigenvalue weighted by Gasteiger charge is 2.55. The van der Waals surface area contributed by atoms with Crippen molar-refractivity contribution in [2.24, 2.45) is 0 Å². The molecule has 0 aromatic rings. The fourth-order valence-corrected chi connectivity index (χ4v) is 8.12. The van der Waals surface area contributed by atoms with Gasteiger partial charge in [-0.1, -0.05) is 84.9 Å². The van der Waals surface area contributed by atoms with E-state index in [0.29, 0.717) is 12.8 Å². The van der Waals surface area contributed by atoms with Gasteiger partial charge in [-0.05, 0) is 77.4 Å². The Hall–Kier alpha value is 0.881. The SMILES string of the molecule is CC(C)(C)[Si](C)(C)OC(/C=C/I)[C@@H]1O[C@@H](CCCO)[C@H](O)C(O[Si](C)(C)C(C)(C)C)C1O[Si](C)(C)C(C)(C)C. The summed E-state index contributed by atoms with van der Waals surface area (Å²) in [6, 6.07) is 0. The van der Waals surface area contributed by atoms with Gasteiger partial charge in [-0.3, -0.25) is 0 Å². The normalized spacial score (nSPS) is 27.3. The number of halogens is 1. The first kappa shape index (κ1) is 37.9. The summed E-state index contributed by atoms with van der Waals surface area (Å²) < 4.78 is 30.1. The van der Waals surface area contributed by atoms with Gasteiger partial charge >= 0.3 is 0 Å². The van der Waals surface area contributed by atoms with Crippen LogP contribution < -0.4 is 0 Å². The lowest BCUT2D eigenvalue weighted by Gasteiger charge is -2.54. The topological polar surface area (TPSA) is 77.4 Å². The van der Waals surface area contributed by atoms with Crippen LogP contribution in [0.3, 0.4) is 0 Å². The number of hydrogen-bond acceptors (Lipinski definition) is 6. The van der Waals surface area contributed by atoms with Gasteiger partial charge in [0.25, 0.3) is 0 Å². The standard InChI is InChI=1S/C29H61IO6Si3/c1-27(2,3)37(10,11)34-22(18-19-30)24-26(36-39(14,15)29(7,8)9)25(35-38(12,13)28(4,5)6)23(32)21(33-24)17-16-20-31/h18-19,21-26,31-32H,16-17,20H2,1-15H3/b19-18+/t21-,22?,23-,24-,25?,26?/m0/s1. The molecule has 1 fully saturated rings. The second kappa shape index (κ2) is 13.7. The first-order valence-electron chi connectivity index (χ1n) is 14.6. The van der Waals surface area contributed by atoms with Crippen LogP contribution in [0.2, 0.25) is 54.4 Å². The molecule has 0 amide bonds. The molecule has 1 heterocycles. The predicted octanol–water partition coefficient (Wildman–Crippen LogP) is 8.01. The van der Waals surface area contributed by atoms with Crippen LogP contribution in [0.4, 0.5) is 0 Å². The van der Waals surface area contributed by atoms with Crippen molar-refractivity contribution in [3.8, 4) is 0 Å². The predicted molar refractivity (Wildman–Crippen MR) is 180 cm³/mol. The summed E-state index contributed by atoms with van der Waals surface area (Å²) in [5.74, 6) is 0. The minimum atomic E-state index is -2.30. The zero-order valence-electron chi connectivity index (χ0n) is 27.6. The van der Waals surface area contributed by atoms with Gasteiger partial charge in [0.05, 0.1) is 12.2 Å². The van der Waals surface area contributed by atoms with Gasteiger partial charge in [-0.2, -0.15) is 0 Å². The molecule has 1 rings (SSSR count). The fraction of sp³-hybridized carbons (Fsp3) is 0.931. The smallest absolute Gasteiger partial charge is 0.193 e. The van der Waals surface area contributed by atoms with E-state index in [1.54, 1.807) is 0 Å². The zero-order valence-corrected chi connectivity index (χ0v) is 32.8. The molecule has 1 saturated heterocycles. The quantitative estimate of drug-likeness (QED) is 0.167. The van der Waals surface area contributed by atoms with Crippen molar-refractivity contribution in [1.82, 2.24) is 0 Å². The lowest BCUT2D eigenvalue weighted by molar-refractivity contribution is -0.230. The zero-order chi connectivity index (χ0) is 30.8. The molecule has 0 radical (unpaired) electrons. The van der Waals surface area contributed by atoms with E-state index in [1.807, 2.05) is 4.08 Å². The first-order chi connectivity index (χ1) is 17.3. The molecule has 6 nitrogen and oxygen atoms in total. The van der Waals surface area contributed by atoms with Crippen molar-refractivity contribution in [1.29, 1.82) is 0 Å². The van der Waals surface area contributed by atoms with Crippen LogP contribution in [0.15, 0.2) is 10.2 Å². The second-order valence-electron chi connectivity index (χ2n) is 15.8. The Labute approximate surface area is 257 Å². The van der Waals surface area contributed by atoms with Crippen LogP contribution in [0.5, 0.6) is 0 Å². The Morgan fingerprint density at radius 1 is 0.795 bits per heavy atom. The molecule has 0 aliphatic carbocycles. The third-order valence-corrected chi connectivity index (χ3v) is 23.5. The van der Waals surface area contributed by atoms with Crippen LogP contribution in [0.25, 0.3) is 0 Å². The van der Waals surface area contributed by atoms with Crippen LogP contribution >= 0.6 is 22.6 Å². The maximum atomic E-state index is 11.8. The molecule has 1 aliphatic heterocycles. The van der Waals surface area contributed by atoms with Gasteiger partial charge in [0.2, 0.25) is 0 Å². The Balaban J connectivity index is 3.81. The highest BCUT2D eigenvalue weighted by molar-refractivity contribution is 14.1. The molecule has 2 N–H and O–H groups in total. The van der Waals surface area contributed by atoms with Crippen molar-refractivity contribution in [3.05, 3.63) is 10.2 Å². The van der Waals surface area contributed by atoms with E-state index in [-0.39, 0.29) is 27.8 Å². The monoisotopic (exact) mass is 716 g/mol. The first-order valence-corrected chi connectivity index (χ1v) is 24.5. The van der Waals surface area contributed by atoms with Crippen molar-refractivity contribution in [2.45, 2.75) is 166 Å². The maximum absolute atomic E-state index is 11.8. The highest BCUT2D eigenvalue weighted by atomic mass is 127. The molecule has 3 unspecified atom stereocenters. The van der Waals surface area contributed by atoms with Gasteiger partial charge < -0.3 is 28.2 Å². The third-order valence-electron chi connectivity index (χ3n) is 9.64. The summed E-state index contributed by atoms with van der Waals surface area (Å²) >= 11 is 2.25. The average molecular weight is 717 g/mol. The summed E-state index contributed by atoms with van der Waals surface area (Å²) in [4.78, 5) is 0. The fourth-order valence-electron chi connectivity index (χ4n) is 3.86. The molecule has 6 atom stereocenters. The highest BCUT2D eigenvalue weighted by Crippen LogP contribution is 2.45. The van der Waals surface area contributed by atoms with Gasteiger partial charge in [0, 0.05) is 6.61 Å². The van der Waals surface area contributed by atoms with E-state index in [1.165, 1.54) is 0 Å². The minimum absolute atomic E-state index is 0.0155. The van der Waals surface area contributed by atoms with Gasteiger partial charge in [0.15, 0.2) is 25.0 Å². The molecule has 0 aromatic carbocycles. The Bertz CT molecular complexity index is 798.